The minimum Gasteiger partial charge on any atom is -0.490 e. The zero-order valence-corrected chi connectivity index (χ0v) is 16.8. The molecule has 1 aromatic carbocycles. The van der Waals surface area contributed by atoms with Crippen LogP contribution in [-0.4, -0.2) is 46.2 Å². The quantitative estimate of drug-likeness (QED) is 0.278. The van der Waals surface area contributed by atoms with Crippen LogP contribution in [0.25, 0.3) is 0 Å². The first kappa shape index (κ1) is 20.9. The molecule has 11 heteroatoms. The molecule has 1 fully saturated rings. The van der Waals surface area contributed by atoms with Gasteiger partial charge in [-0.1, -0.05) is 11.8 Å². The number of benzene rings is 1. The van der Waals surface area contributed by atoms with Crippen molar-refractivity contribution >= 4 is 56.9 Å². The molecular weight excluding hydrogens is 442 g/mol. The molecule has 27 heavy (non-hydrogen) atoms. The summed E-state index contributed by atoms with van der Waals surface area (Å²) in [5.41, 5.74) is 0.613. The van der Waals surface area contributed by atoms with Crippen LogP contribution in [0.3, 0.4) is 0 Å². The number of carbonyl (C=O) groups excluding carboxylic acids is 2. The molecule has 1 aromatic rings. The molecular formula is C16H16BrN3O6S. The van der Waals surface area contributed by atoms with Crippen LogP contribution in [0.2, 0.25) is 0 Å². The molecule has 0 spiro atoms. The van der Waals surface area contributed by atoms with Crippen molar-refractivity contribution in [3.05, 3.63) is 22.2 Å². The summed E-state index contributed by atoms with van der Waals surface area (Å²) in [5, 5.41) is 18.5. The number of nitrogens with zero attached hydrogens (tertiary/aromatic N) is 2. The fraction of sp³-hybridized carbons (Fsp3) is 0.312. The molecule has 0 aliphatic carbocycles. The Bertz CT molecular complexity index is 827. The molecule has 1 heterocycles. The molecule has 1 aliphatic heterocycles. The monoisotopic (exact) mass is 457 g/mol. The number of hydrogen-bond acceptors (Lipinski definition) is 8. The van der Waals surface area contributed by atoms with E-state index in [0.29, 0.717) is 22.4 Å². The summed E-state index contributed by atoms with van der Waals surface area (Å²) in [4.78, 5) is 33.6. The molecule has 0 bridgehead atoms. The van der Waals surface area contributed by atoms with Crippen LogP contribution in [0.4, 0.5) is 0 Å². The summed E-state index contributed by atoms with van der Waals surface area (Å²) < 4.78 is 11.1. The number of hydrogen-bond donors (Lipinski definition) is 2. The Morgan fingerprint density at radius 3 is 2.81 bits per heavy atom. The van der Waals surface area contributed by atoms with Crippen molar-refractivity contribution in [1.82, 2.24) is 5.32 Å². The number of halogens is 1. The van der Waals surface area contributed by atoms with E-state index in [0.717, 1.165) is 11.8 Å². The van der Waals surface area contributed by atoms with E-state index >= 15 is 0 Å². The van der Waals surface area contributed by atoms with E-state index in [-0.39, 0.29) is 17.3 Å². The van der Waals surface area contributed by atoms with E-state index in [1.165, 1.54) is 13.1 Å². The SMILES string of the molecule is CCOc1cc(C=NN=C2NC(=O)C(CC(=O)O)S2)cc(Br)c1OC(C)=O. The summed E-state index contributed by atoms with van der Waals surface area (Å²) in [6.45, 7) is 3.46. The second-order valence-corrected chi connectivity index (χ2v) is 7.25. The van der Waals surface area contributed by atoms with Crippen molar-refractivity contribution in [2.75, 3.05) is 6.61 Å². The van der Waals surface area contributed by atoms with Crippen LogP contribution in [0.15, 0.2) is 26.8 Å². The Labute approximate surface area is 167 Å². The van der Waals surface area contributed by atoms with Crippen LogP contribution in [0, 0.1) is 0 Å². The molecule has 0 saturated carbocycles. The number of aliphatic carboxylic acids is 1. The van der Waals surface area contributed by atoms with Crippen molar-refractivity contribution in [3.8, 4) is 11.5 Å². The number of carboxylic acids is 1. The molecule has 1 atom stereocenters. The van der Waals surface area contributed by atoms with Gasteiger partial charge in [0.05, 0.1) is 23.7 Å². The maximum absolute atomic E-state index is 11.6. The molecule has 1 amide bonds. The van der Waals surface area contributed by atoms with Gasteiger partial charge in [-0.05, 0) is 40.5 Å². The third kappa shape index (κ3) is 6.07. The summed E-state index contributed by atoms with van der Waals surface area (Å²) in [6.07, 6.45) is 1.14. The van der Waals surface area contributed by atoms with Gasteiger partial charge in [0.25, 0.3) is 0 Å². The van der Waals surface area contributed by atoms with E-state index in [4.69, 9.17) is 14.6 Å². The number of rotatable bonds is 7. The van der Waals surface area contributed by atoms with Gasteiger partial charge in [-0.2, -0.15) is 5.10 Å². The van der Waals surface area contributed by atoms with E-state index < -0.39 is 23.1 Å². The minimum atomic E-state index is -1.06. The summed E-state index contributed by atoms with van der Waals surface area (Å²) in [5.74, 6) is -1.32. The molecule has 2 N–H and O–H groups in total. The van der Waals surface area contributed by atoms with E-state index in [9.17, 15) is 14.4 Å². The normalized spacial score (nSPS) is 18.0. The highest BCUT2D eigenvalue weighted by Crippen LogP contribution is 2.36. The lowest BCUT2D eigenvalue weighted by Crippen LogP contribution is -2.26. The van der Waals surface area contributed by atoms with Crippen molar-refractivity contribution < 1.29 is 29.0 Å². The topological polar surface area (TPSA) is 127 Å². The summed E-state index contributed by atoms with van der Waals surface area (Å²) in [7, 11) is 0. The Hall–Kier alpha value is -2.40. The van der Waals surface area contributed by atoms with E-state index in [1.807, 2.05) is 0 Å². The number of ether oxygens (including phenoxy) is 2. The first-order valence-electron chi connectivity index (χ1n) is 7.75. The van der Waals surface area contributed by atoms with Crippen LogP contribution in [0.5, 0.6) is 11.5 Å². The van der Waals surface area contributed by atoms with Crippen LogP contribution < -0.4 is 14.8 Å². The van der Waals surface area contributed by atoms with E-state index in [1.54, 1.807) is 19.1 Å². The van der Waals surface area contributed by atoms with E-state index in [2.05, 4.69) is 31.4 Å². The van der Waals surface area contributed by atoms with Gasteiger partial charge < -0.3 is 19.9 Å². The molecule has 0 radical (unpaired) electrons. The molecule has 9 nitrogen and oxygen atoms in total. The third-order valence-electron chi connectivity index (χ3n) is 3.07. The lowest BCUT2D eigenvalue weighted by atomic mass is 10.2. The van der Waals surface area contributed by atoms with Gasteiger partial charge in [-0.15, -0.1) is 5.10 Å². The second kappa shape index (κ2) is 9.51. The molecule has 1 saturated heterocycles. The van der Waals surface area contributed by atoms with Gasteiger partial charge in [0.1, 0.15) is 5.25 Å². The maximum atomic E-state index is 11.6. The smallest absolute Gasteiger partial charge is 0.308 e. The van der Waals surface area contributed by atoms with Crippen molar-refractivity contribution in [2.45, 2.75) is 25.5 Å². The molecule has 144 valence electrons. The largest absolute Gasteiger partial charge is 0.490 e. The number of nitrogens with one attached hydrogen (secondary N) is 1. The van der Waals surface area contributed by atoms with Crippen molar-refractivity contribution in [2.24, 2.45) is 10.2 Å². The Morgan fingerprint density at radius 1 is 1.44 bits per heavy atom. The Morgan fingerprint density at radius 2 is 2.19 bits per heavy atom. The standard InChI is InChI=1S/C16H16BrN3O6S/c1-3-25-11-5-9(4-10(17)14(11)26-8(2)21)7-18-20-16-19-15(24)12(27-16)6-13(22)23/h4-5,7,12H,3,6H2,1-2H3,(H,22,23)(H,19,20,24). The molecule has 1 aliphatic rings. The maximum Gasteiger partial charge on any atom is 0.308 e. The van der Waals surface area contributed by atoms with Gasteiger partial charge in [0, 0.05) is 6.92 Å². The second-order valence-electron chi connectivity index (χ2n) is 5.20. The number of thioether (sulfide) groups is 1. The van der Waals surface area contributed by atoms with Gasteiger partial charge in [0.2, 0.25) is 5.91 Å². The Kier molecular flexibility index (Phi) is 7.36. The van der Waals surface area contributed by atoms with Gasteiger partial charge >= 0.3 is 11.9 Å². The third-order valence-corrected chi connectivity index (χ3v) is 4.73. The zero-order valence-electron chi connectivity index (χ0n) is 14.4. The fourth-order valence-electron chi connectivity index (χ4n) is 2.06. The zero-order chi connectivity index (χ0) is 20.0. The summed E-state index contributed by atoms with van der Waals surface area (Å²) in [6, 6.07) is 3.29. The predicted octanol–water partition coefficient (Wildman–Crippen LogP) is 2.17. The number of esters is 1. The molecule has 0 aromatic heterocycles. The van der Waals surface area contributed by atoms with Crippen LogP contribution in [0.1, 0.15) is 25.8 Å². The van der Waals surface area contributed by atoms with Gasteiger partial charge in [-0.3, -0.25) is 14.4 Å². The fourth-order valence-corrected chi connectivity index (χ4v) is 3.52. The highest BCUT2D eigenvalue weighted by Gasteiger charge is 2.32. The number of carbonyl (C=O) groups is 3. The number of amides is 1. The first-order valence-corrected chi connectivity index (χ1v) is 9.42. The van der Waals surface area contributed by atoms with Crippen molar-refractivity contribution in [3.63, 3.8) is 0 Å². The minimum absolute atomic E-state index is 0.225. The Balaban J connectivity index is 2.16. The van der Waals surface area contributed by atoms with Crippen molar-refractivity contribution in [1.29, 1.82) is 0 Å². The highest BCUT2D eigenvalue weighted by molar-refractivity contribution is 9.10. The van der Waals surface area contributed by atoms with Gasteiger partial charge in [0.15, 0.2) is 16.7 Å². The molecule has 1 unspecified atom stereocenters. The first-order chi connectivity index (χ1) is 12.8. The average molecular weight is 458 g/mol. The predicted molar refractivity (Wildman–Crippen MR) is 103 cm³/mol. The average Bonchev–Trinajstić information content (AvgIpc) is 2.90. The number of carboxylic acid groups (broad SMARTS) is 1. The highest BCUT2D eigenvalue weighted by atomic mass is 79.9. The molecule has 2 rings (SSSR count). The summed E-state index contributed by atoms with van der Waals surface area (Å²) >= 11 is 4.33. The number of amidine groups is 1. The lowest BCUT2D eigenvalue weighted by Gasteiger charge is -2.12. The van der Waals surface area contributed by atoms with Gasteiger partial charge in [-0.25, -0.2) is 0 Å². The van der Waals surface area contributed by atoms with Crippen LogP contribution >= 0.6 is 27.7 Å². The van der Waals surface area contributed by atoms with Crippen LogP contribution in [-0.2, 0) is 14.4 Å². The lowest BCUT2D eigenvalue weighted by molar-refractivity contribution is -0.138.